The summed E-state index contributed by atoms with van der Waals surface area (Å²) in [5, 5.41) is 3.55. The summed E-state index contributed by atoms with van der Waals surface area (Å²) in [6, 6.07) is 9.64. The molecular weight excluding hydrogens is 367 g/mol. The Morgan fingerprint density at radius 3 is 2.62 bits per heavy atom. The van der Waals surface area contributed by atoms with Gasteiger partial charge in [-0.15, -0.1) is 0 Å². The lowest BCUT2D eigenvalue weighted by atomic mass is 10.0. The van der Waals surface area contributed by atoms with Crippen LogP contribution in [0.15, 0.2) is 47.6 Å². The molecule has 1 aliphatic rings. The van der Waals surface area contributed by atoms with Crippen LogP contribution >= 0.6 is 0 Å². The Balaban J connectivity index is 1.71. The highest BCUT2D eigenvalue weighted by Crippen LogP contribution is 2.29. The summed E-state index contributed by atoms with van der Waals surface area (Å²) in [5.74, 6) is 0. The van der Waals surface area contributed by atoms with E-state index in [0.29, 0.717) is 17.6 Å². The molecule has 9 heteroatoms. The zero-order valence-electron chi connectivity index (χ0n) is 14.1. The van der Waals surface area contributed by atoms with Crippen molar-refractivity contribution in [2.75, 3.05) is 6.54 Å². The summed E-state index contributed by atoms with van der Waals surface area (Å²) < 4.78 is 65.0. The lowest BCUT2D eigenvalue weighted by Gasteiger charge is -2.23. The average molecular weight is 387 g/mol. The molecule has 0 radical (unpaired) electrons. The lowest BCUT2D eigenvalue weighted by molar-refractivity contribution is -0.142. The second kappa shape index (κ2) is 7.40. The maximum Gasteiger partial charge on any atom is 0.408 e. The van der Waals surface area contributed by atoms with Gasteiger partial charge in [-0.05, 0) is 31.2 Å². The van der Waals surface area contributed by atoms with Crippen LogP contribution in [0.3, 0.4) is 0 Å². The molecule has 2 heterocycles. The highest BCUT2D eigenvalue weighted by Gasteiger charge is 2.36. The van der Waals surface area contributed by atoms with Gasteiger partial charge in [0.1, 0.15) is 11.4 Å². The van der Waals surface area contributed by atoms with Gasteiger partial charge in [0.2, 0.25) is 10.0 Å². The number of hydrogen-bond acceptors (Lipinski definition) is 3. The topological polar surface area (TPSA) is 55.2 Å². The summed E-state index contributed by atoms with van der Waals surface area (Å²) in [6.07, 6.45) is 0.435. The first-order chi connectivity index (χ1) is 12.3. The Labute approximate surface area is 150 Å². The van der Waals surface area contributed by atoms with E-state index in [-0.39, 0.29) is 10.9 Å². The van der Waals surface area contributed by atoms with E-state index in [9.17, 15) is 21.6 Å². The first-order valence-corrected chi connectivity index (χ1v) is 9.85. The number of aryl methyl sites for hydroxylation is 1. The summed E-state index contributed by atoms with van der Waals surface area (Å²) in [5.41, 5.74) is 1.13. The maximum absolute atomic E-state index is 12.8. The lowest BCUT2D eigenvalue weighted by Crippen LogP contribution is -2.35. The second-order valence-electron chi connectivity index (χ2n) is 6.42. The van der Waals surface area contributed by atoms with Crippen molar-refractivity contribution in [1.29, 1.82) is 0 Å². The van der Waals surface area contributed by atoms with E-state index in [4.69, 9.17) is 0 Å². The molecule has 0 saturated carbocycles. The van der Waals surface area contributed by atoms with Crippen molar-refractivity contribution in [3.8, 4) is 0 Å². The van der Waals surface area contributed by atoms with E-state index in [1.165, 1.54) is 4.31 Å². The fourth-order valence-electron chi connectivity index (χ4n) is 3.28. The first-order valence-electron chi connectivity index (χ1n) is 8.41. The molecule has 0 N–H and O–H groups in total. The van der Waals surface area contributed by atoms with Crippen molar-refractivity contribution in [3.63, 3.8) is 0 Å². The molecule has 3 rings (SSSR count). The predicted octanol–water partition coefficient (Wildman–Crippen LogP) is 3.23. The maximum atomic E-state index is 12.8. The van der Waals surface area contributed by atoms with Crippen LogP contribution in [0.2, 0.25) is 0 Å². The van der Waals surface area contributed by atoms with E-state index in [1.54, 1.807) is 0 Å². The predicted molar refractivity (Wildman–Crippen MR) is 90.0 cm³/mol. The van der Waals surface area contributed by atoms with Gasteiger partial charge in [-0.2, -0.15) is 22.6 Å². The van der Waals surface area contributed by atoms with Crippen LogP contribution in [0.5, 0.6) is 0 Å². The number of sulfonamides is 1. The third-order valence-corrected chi connectivity index (χ3v) is 6.39. The van der Waals surface area contributed by atoms with Gasteiger partial charge in [-0.25, -0.2) is 8.42 Å². The number of rotatable bonds is 6. The number of hydrogen-bond donors (Lipinski definition) is 0. The quantitative estimate of drug-likeness (QED) is 0.765. The molecule has 1 fully saturated rings. The molecule has 142 valence electrons. The van der Waals surface area contributed by atoms with Gasteiger partial charge < -0.3 is 0 Å². The summed E-state index contributed by atoms with van der Waals surface area (Å²) in [6.45, 7) is -0.924. The zero-order chi connectivity index (χ0) is 18.8. The number of alkyl halides is 3. The largest absolute Gasteiger partial charge is 0.408 e. The molecule has 0 amide bonds. The number of nitrogens with zero attached hydrogens (tertiary/aromatic N) is 3. The van der Waals surface area contributed by atoms with Crippen LogP contribution in [-0.4, -0.2) is 41.3 Å². The van der Waals surface area contributed by atoms with Crippen LogP contribution < -0.4 is 0 Å². The van der Waals surface area contributed by atoms with Crippen LogP contribution in [-0.2, 0) is 23.0 Å². The molecule has 0 bridgehead atoms. The van der Waals surface area contributed by atoms with Gasteiger partial charge in [0.25, 0.3) is 0 Å². The monoisotopic (exact) mass is 387 g/mol. The number of aromatic nitrogens is 2. The Hall–Kier alpha value is -1.87. The van der Waals surface area contributed by atoms with Gasteiger partial charge in [0.15, 0.2) is 0 Å². The SMILES string of the molecule is O=S(=O)(c1cnn(CC(F)(F)F)c1)N1CCCC1CCc1ccccc1. The Morgan fingerprint density at radius 2 is 1.92 bits per heavy atom. The minimum atomic E-state index is -4.45. The Bertz CT molecular complexity index is 834. The minimum Gasteiger partial charge on any atom is -0.262 e. The smallest absolute Gasteiger partial charge is 0.262 e. The second-order valence-corrected chi connectivity index (χ2v) is 8.32. The molecule has 1 saturated heterocycles. The highest BCUT2D eigenvalue weighted by atomic mass is 32.2. The third kappa shape index (κ3) is 4.45. The summed E-state index contributed by atoms with van der Waals surface area (Å²) in [7, 11) is -3.84. The van der Waals surface area contributed by atoms with Crippen LogP contribution in [0.25, 0.3) is 0 Å². The fraction of sp³-hybridized carbons (Fsp3) is 0.471. The van der Waals surface area contributed by atoms with Crippen LogP contribution in [0.1, 0.15) is 24.8 Å². The van der Waals surface area contributed by atoms with Crippen LogP contribution in [0, 0.1) is 0 Å². The Morgan fingerprint density at radius 1 is 1.19 bits per heavy atom. The molecular formula is C17H20F3N3O2S. The van der Waals surface area contributed by atoms with E-state index >= 15 is 0 Å². The normalized spacial score (nSPS) is 19.1. The van der Waals surface area contributed by atoms with Crippen molar-refractivity contribution in [2.45, 2.75) is 49.3 Å². The molecule has 1 aromatic heterocycles. The summed E-state index contributed by atoms with van der Waals surface area (Å²) in [4.78, 5) is -0.187. The van der Waals surface area contributed by atoms with Gasteiger partial charge in [0, 0.05) is 18.8 Å². The van der Waals surface area contributed by atoms with E-state index in [0.717, 1.165) is 37.2 Å². The van der Waals surface area contributed by atoms with Gasteiger partial charge >= 0.3 is 6.18 Å². The van der Waals surface area contributed by atoms with Crippen molar-refractivity contribution >= 4 is 10.0 Å². The number of halogens is 3. The van der Waals surface area contributed by atoms with Crippen molar-refractivity contribution < 1.29 is 21.6 Å². The minimum absolute atomic E-state index is 0.147. The van der Waals surface area contributed by atoms with E-state index in [1.807, 2.05) is 30.3 Å². The number of benzene rings is 1. The zero-order valence-corrected chi connectivity index (χ0v) is 14.9. The van der Waals surface area contributed by atoms with Crippen molar-refractivity contribution in [3.05, 3.63) is 48.3 Å². The average Bonchev–Trinajstić information content (AvgIpc) is 3.22. The van der Waals surface area contributed by atoms with E-state index < -0.39 is 22.7 Å². The molecule has 0 spiro atoms. The molecule has 0 aliphatic carbocycles. The molecule has 2 aromatic rings. The third-order valence-electron chi connectivity index (χ3n) is 4.49. The fourth-order valence-corrected chi connectivity index (χ4v) is 4.95. The highest BCUT2D eigenvalue weighted by molar-refractivity contribution is 7.89. The molecule has 1 atom stereocenters. The van der Waals surface area contributed by atoms with Crippen molar-refractivity contribution in [1.82, 2.24) is 14.1 Å². The van der Waals surface area contributed by atoms with Gasteiger partial charge in [-0.1, -0.05) is 30.3 Å². The van der Waals surface area contributed by atoms with E-state index in [2.05, 4.69) is 5.10 Å². The molecule has 26 heavy (non-hydrogen) atoms. The standard InChI is InChI=1S/C17H20F3N3O2S/c18-17(19,20)13-22-12-16(11-21-22)26(24,25)23-10-4-7-15(23)9-8-14-5-2-1-3-6-14/h1-3,5-6,11-12,15H,4,7-10,13H2. The molecule has 1 aliphatic heterocycles. The summed E-state index contributed by atoms with van der Waals surface area (Å²) >= 11 is 0. The molecule has 5 nitrogen and oxygen atoms in total. The molecule has 1 aromatic carbocycles. The van der Waals surface area contributed by atoms with Crippen LogP contribution in [0.4, 0.5) is 13.2 Å². The van der Waals surface area contributed by atoms with Crippen molar-refractivity contribution in [2.24, 2.45) is 0 Å². The van der Waals surface area contributed by atoms with Gasteiger partial charge in [0.05, 0.1) is 6.20 Å². The van der Waals surface area contributed by atoms with Gasteiger partial charge in [-0.3, -0.25) is 4.68 Å². The first kappa shape index (κ1) is 18.9. The molecule has 1 unspecified atom stereocenters. The Kier molecular flexibility index (Phi) is 5.38.